The fourth-order valence-corrected chi connectivity index (χ4v) is 1.69. The minimum atomic E-state index is -0.283. The van der Waals surface area contributed by atoms with Crippen LogP contribution in [0.5, 0.6) is 0 Å². The zero-order chi connectivity index (χ0) is 18.9. The van der Waals surface area contributed by atoms with Gasteiger partial charge in [-0.1, -0.05) is 42.4 Å². The maximum atomic E-state index is 10.6. The maximum absolute atomic E-state index is 10.6. The average Bonchev–Trinajstić information content (AvgIpc) is 2.66. The number of carbonyl (C=O) groups is 2. The topological polar surface area (TPSA) is 77.0 Å². The molecule has 0 aliphatic rings. The molecule has 6 nitrogen and oxygen atoms in total. The van der Waals surface area contributed by atoms with Crippen molar-refractivity contribution in [2.24, 2.45) is 5.16 Å². The van der Waals surface area contributed by atoms with E-state index >= 15 is 0 Å². The molecule has 1 N–H and O–H groups in total. The molecule has 0 aliphatic carbocycles. The van der Waals surface area contributed by atoms with Crippen LogP contribution >= 0.6 is 0 Å². The summed E-state index contributed by atoms with van der Waals surface area (Å²) in [4.78, 5) is 25.5. The molecule has 0 unspecified atom stereocenters. The van der Waals surface area contributed by atoms with Crippen LogP contribution in [0.2, 0.25) is 0 Å². The Morgan fingerprint density at radius 1 is 1.28 bits per heavy atom. The van der Waals surface area contributed by atoms with Gasteiger partial charge in [0.25, 0.3) is 0 Å². The molecule has 0 bridgehead atoms. The summed E-state index contributed by atoms with van der Waals surface area (Å²) in [7, 11) is 1.81. The molecule has 0 radical (unpaired) electrons. The van der Waals surface area contributed by atoms with Crippen molar-refractivity contribution in [3.05, 3.63) is 41.8 Å². The number of oxime groups is 1. The molecule has 0 aromatic heterocycles. The lowest BCUT2D eigenvalue weighted by Crippen LogP contribution is -2.09. The second-order valence-corrected chi connectivity index (χ2v) is 4.95. The fourth-order valence-electron chi connectivity index (χ4n) is 1.69. The molecule has 0 aliphatic heterocycles. The Balaban J connectivity index is 0.000000504. The Labute approximate surface area is 149 Å². The second kappa shape index (κ2) is 14.9. The molecule has 6 heteroatoms. The number of aldehydes is 1. The third kappa shape index (κ3) is 10.7. The van der Waals surface area contributed by atoms with Crippen molar-refractivity contribution in [3.63, 3.8) is 0 Å². The van der Waals surface area contributed by atoms with Gasteiger partial charge in [-0.2, -0.15) is 0 Å². The summed E-state index contributed by atoms with van der Waals surface area (Å²) in [6, 6.07) is 10.0. The Hall–Kier alpha value is -2.63. The van der Waals surface area contributed by atoms with Crippen LogP contribution < -0.4 is 5.32 Å². The first-order valence-electron chi connectivity index (χ1n) is 8.28. The molecule has 25 heavy (non-hydrogen) atoms. The summed E-state index contributed by atoms with van der Waals surface area (Å²) in [6.07, 6.45) is 3.63. The second-order valence-electron chi connectivity index (χ2n) is 4.95. The highest BCUT2D eigenvalue weighted by Gasteiger charge is 2.03. The van der Waals surface area contributed by atoms with Crippen LogP contribution in [0.3, 0.4) is 0 Å². The lowest BCUT2D eigenvalue weighted by molar-refractivity contribution is -0.144. The molecule has 0 amide bonds. The van der Waals surface area contributed by atoms with Gasteiger partial charge in [-0.05, 0) is 25.8 Å². The minimum absolute atomic E-state index is 0.212. The van der Waals surface area contributed by atoms with E-state index in [0.29, 0.717) is 18.8 Å². The third-order valence-corrected chi connectivity index (χ3v) is 2.96. The van der Waals surface area contributed by atoms with Crippen LogP contribution in [0.1, 0.15) is 45.6 Å². The molecule has 0 heterocycles. The van der Waals surface area contributed by atoms with Crippen LogP contribution in [0.4, 0.5) is 0 Å². The number of hydrogen-bond donors (Lipinski definition) is 1. The fraction of sp³-hybridized carbons (Fsp3) is 0.421. The highest BCUT2D eigenvalue weighted by atomic mass is 16.6. The van der Waals surface area contributed by atoms with E-state index in [4.69, 9.17) is 9.57 Å². The van der Waals surface area contributed by atoms with E-state index in [2.05, 4.69) is 10.5 Å². The van der Waals surface area contributed by atoms with E-state index in [1.807, 2.05) is 58.2 Å². The molecule has 0 atom stereocenters. The van der Waals surface area contributed by atoms with E-state index in [9.17, 15) is 9.59 Å². The van der Waals surface area contributed by atoms with Gasteiger partial charge >= 0.3 is 5.97 Å². The van der Waals surface area contributed by atoms with Crippen LogP contribution in [0, 0.1) is 0 Å². The number of allylic oxidation sites excluding steroid dienone is 1. The van der Waals surface area contributed by atoms with Crippen molar-refractivity contribution in [2.75, 3.05) is 13.7 Å². The Morgan fingerprint density at radius 2 is 1.96 bits per heavy atom. The van der Waals surface area contributed by atoms with E-state index in [0.717, 1.165) is 17.6 Å². The molecule has 0 fully saturated rings. The van der Waals surface area contributed by atoms with E-state index in [-0.39, 0.29) is 18.8 Å². The summed E-state index contributed by atoms with van der Waals surface area (Å²) in [5, 5.41) is 6.72. The smallest absolute Gasteiger partial charge is 0.306 e. The highest BCUT2D eigenvalue weighted by molar-refractivity contribution is 5.72. The number of carbonyl (C=O) groups excluding carboxylic acids is 2. The Morgan fingerprint density at radius 3 is 2.48 bits per heavy atom. The maximum Gasteiger partial charge on any atom is 0.306 e. The molecule has 138 valence electrons. The molecular formula is C19H28N2O4. The first kappa shape index (κ1) is 22.4. The molecule has 0 saturated carbocycles. The SMILES string of the molecule is C/C=N\O/C(NC)=C(\C)c1ccccc1.CCCOC(=O)CCC=O. The number of ether oxygens (including phenoxy) is 1. The first-order chi connectivity index (χ1) is 12.1. The highest BCUT2D eigenvalue weighted by Crippen LogP contribution is 2.16. The molecule has 0 saturated heterocycles. The summed E-state index contributed by atoms with van der Waals surface area (Å²) in [6.45, 7) is 6.18. The number of benzene rings is 1. The Kier molecular flexibility index (Phi) is 13.4. The first-order valence-corrected chi connectivity index (χ1v) is 8.28. The lowest BCUT2D eigenvalue weighted by atomic mass is 10.1. The minimum Gasteiger partial charge on any atom is -0.466 e. The molecule has 1 aromatic rings. The van der Waals surface area contributed by atoms with Gasteiger partial charge in [-0.15, -0.1) is 0 Å². The van der Waals surface area contributed by atoms with Crippen molar-refractivity contribution in [1.82, 2.24) is 5.32 Å². The summed E-state index contributed by atoms with van der Waals surface area (Å²) in [5.41, 5.74) is 2.15. The average molecular weight is 348 g/mol. The van der Waals surface area contributed by atoms with Gasteiger partial charge in [0.05, 0.1) is 13.0 Å². The Bertz CT molecular complexity index is 554. The predicted octanol–water partition coefficient (Wildman–Crippen LogP) is 3.54. The van der Waals surface area contributed by atoms with Gasteiger partial charge in [-0.3, -0.25) is 4.79 Å². The largest absolute Gasteiger partial charge is 0.466 e. The van der Waals surface area contributed by atoms with E-state index < -0.39 is 0 Å². The zero-order valence-electron chi connectivity index (χ0n) is 15.5. The molecule has 1 aromatic carbocycles. The monoisotopic (exact) mass is 348 g/mol. The molecule has 1 rings (SSSR count). The number of esters is 1. The van der Waals surface area contributed by atoms with Crippen LogP contribution in [0.25, 0.3) is 5.57 Å². The molecule has 0 spiro atoms. The van der Waals surface area contributed by atoms with Gasteiger partial charge in [0.15, 0.2) is 0 Å². The predicted molar refractivity (Wildman–Crippen MR) is 99.9 cm³/mol. The summed E-state index contributed by atoms with van der Waals surface area (Å²) >= 11 is 0. The molecular weight excluding hydrogens is 320 g/mol. The quantitative estimate of drug-likeness (QED) is 0.243. The van der Waals surface area contributed by atoms with Crippen molar-refractivity contribution < 1.29 is 19.2 Å². The van der Waals surface area contributed by atoms with Gasteiger partial charge in [0.1, 0.15) is 6.29 Å². The standard InChI is InChI=1S/C12H16N2O.C7H12O3/c1-4-14-15-12(13-3)10(2)11-8-6-5-7-9-11;1-2-6-10-7(9)4-3-5-8/h4-9,13H,1-3H3;5H,2-4,6H2,1H3/b12-10+,14-4-;. The van der Waals surface area contributed by atoms with Crippen LogP contribution in [-0.2, 0) is 19.2 Å². The van der Waals surface area contributed by atoms with Crippen molar-refractivity contribution in [3.8, 4) is 0 Å². The van der Waals surface area contributed by atoms with Crippen LogP contribution in [-0.4, -0.2) is 32.1 Å². The summed E-state index contributed by atoms with van der Waals surface area (Å²) < 4.78 is 4.70. The van der Waals surface area contributed by atoms with Crippen LogP contribution in [0.15, 0.2) is 41.4 Å². The third-order valence-electron chi connectivity index (χ3n) is 2.96. The summed E-state index contributed by atoms with van der Waals surface area (Å²) in [5.74, 6) is 0.383. The van der Waals surface area contributed by atoms with Crippen molar-refractivity contribution >= 4 is 24.0 Å². The van der Waals surface area contributed by atoms with Crippen molar-refractivity contribution in [2.45, 2.75) is 40.0 Å². The number of hydrogen-bond acceptors (Lipinski definition) is 6. The number of rotatable bonds is 9. The van der Waals surface area contributed by atoms with Crippen molar-refractivity contribution in [1.29, 1.82) is 0 Å². The number of nitrogens with one attached hydrogen (secondary N) is 1. The van der Waals surface area contributed by atoms with E-state index in [1.54, 1.807) is 6.21 Å². The number of nitrogens with zero attached hydrogens (tertiary/aromatic N) is 1. The van der Waals surface area contributed by atoms with Gasteiger partial charge in [0, 0.05) is 25.3 Å². The lowest BCUT2D eigenvalue weighted by Gasteiger charge is -2.08. The van der Waals surface area contributed by atoms with Gasteiger partial charge in [-0.25, -0.2) is 0 Å². The zero-order valence-corrected chi connectivity index (χ0v) is 15.5. The van der Waals surface area contributed by atoms with E-state index in [1.165, 1.54) is 0 Å². The van der Waals surface area contributed by atoms with Gasteiger partial charge in [0.2, 0.25) is 5.88 Å². The van der Waals surface area contributed by atoms with Gasteiger partial charge < -0.3 is 19.7 Å². The normalized spacial score (nSPS) is 11.0.